The second-order valence-corrected chi connectivity index (χ2v) is 7.94. The summed E-state index contributed by atoms with van der Waals surface area (Å²) >= 11 is 0. The summed E-state index contributed by atoms with van der Waals surface area (Å²) in [6.07, 6.45) is -3.77. The Morgan fingerprint density at radius 3 is 2.55 bits per heavy atom. The molecule has 6 nitrogen and oxygen atoms in total. The number of aromatic nitrogens is 3. The maximum absolute atomic E-state index is 14.4. The van der Waals surface area contributed by atoms with Gasteiger partial charge in [-0.05, 0) is 31.9 Å². The highest BCUT2D eigenvalue weighted by atomic mass is 19.4. The molecule has 3 heterocycles. The van der Waals surface area contributed by atoms with Crippen molar-refractivity contribution < 1.29 is 26.7 Å². The number of likely N-dealkylation sites (tertiary alicyclic amines) is 1. The highest BCUT2D eigenvalue weighted by Crippen LogP contribution is 2.35. The largest absolute Gasteiger partial charge is 0.419 e. The van der Waals surface area contributed by atoms with Gasteiger partial charge in [-0.15, -0.1) is 5.92 Å². The van der Waals surface area contributed by atoms with Gasteiger partial charge in [-0.25, -0.2) is 23.7 Å². The van der Waals surface area contributed by atoms with Crippen molar-refractivity contribution in [1.29, 1.82) is 0 Å². The Kier molecular flexibility index (Phi) is 6.86. The van der Waals surface area contributed by atoms with E-state index in [4.69, 9.17) is 0 Å². The predicted octanol–water partition coefficient (Wildman–Crippen LogP) is 4.17. The molecule has 11 heteroatoms. The third-order valence-corrected chi connectivity index (χ3v) is 5.29. The highest BCUT2D eigenvalue weighted by Gasteiger charge is 2.46. The van der Waals surface area contributed by atoms with Gasteiger partial charge in [0.25, 0.3) is 11.8 Å². The fraction of sp³-hybridized carbons (Fsp3) is 0.455. The Balaban J connectivity index is 1.87. The molecular formula is C22H22F5N5O. The first-order valence-electron chi connectivity index (χ1n) is 10.1. The standard InChI is InChI=1S/C22H22F5N5O/c1-4-5-15-7-6-14(3)31-18(15)19(33)32-12-21(23,24)8-13(2)17(32)11-30-20-28-9-16(10-29-20)22(25,26)27/h6-7,9-10,13,17H,8,11-12H2,1-3H3,(H,28,29,30). The number of nitrogens with zero attached hydrogens (tertiary/aromatic N) is 4. The summed E-state index contributed by atoms with van der Waals surface area (Å²) in [4.78, 5) is 25.9. The van der Waals surface area contributed by atoms with Crippen LogP contribution in [0.3, 0.4) is 0 Å². The molecule has 2 unspecified atom stereocenters. The third-order valence-electron chi connectivity index (χ3n) is 5.29. The number of aryl methyl sites for hydroxylation is 1. The lowest BCUT2D eigenvalue weighted by molar-refractivity contribution is -0.138. The Morgan fingerprint density at radius 2 is 1.94 bits per heavy atom. The molecule has 3 rings (SSSR count). The molecule has 0 radical (unpaired) electrons. The lowest BCUT2D eigenvalue weighted by atomic mass is 9.88. The number of alkyl halides is 5. The van der Waals surface area contributed by atoms with E-state index in [2.05, 4.69) is 32.1 Å². The molecular weight excluding hydrogens is 445 g/mol. The van der Waals surface area contributed by atoms with Crippen LogP contribution in [0.15, 0.2) is 24.5 Å². The summed E-state index contributed by atoms with van der Waals surface area (Å²) in [5.41, 5.74) is -0.173. The van der Waals surface area contributed by atoms with Crippen molar-refractivity contribution in [2.24, 2.45) is 5.92 Å². The molecule has 0 aromatic carbocycles. The van der Waals surface area contributed by atoms with Crippen LogP contribution in [0.1, 0.15) is 47.6 Å². The number of piperidine rings is 1. The van der Waals surface area contributed by atoms with Gasteiger partial charge in [0.2, 0.25) is 5.95 Å². The van der Waals surface area contributed by atoms with E-state index >= 15 is 0 Å². The Morgan fingerprint density at radius 1 is 1.27 bits per heavy atom. The number of amides is 1. The molecule has 1 saturated heterocycles. The van der Waals surface area contributed by atoms with E-state index in [9.17, 15) is 26.7 Å². The summed E-state index contributed by atoms with van der Waals surface area (Å²) in [7, 11) is 0. The lowest BCUT2D eigenvalue weighted by Gasteiger charge is -2.43. The molecule has 0 spiro atoms. The molecule has 2 aromatic rings. The van der Waals surface area contributed by atoms with Crippen LogP contribution < -0.4 is 5.32 Å². The predicted molar refractivity (Wildman–Crippen MR) is 111 cm³/mol. The summed E-state index contributed by atoms with van der Waals surface area (Å²) in [5.74, 6) is 0.934. The van der Waals surface area contributed by atoms with Crippen LogP contribution in [-0.4, -0.2) is 50.8 Å². The van der Waals surface area contributed by atoms with Gasteiger partial charge in [-0.3, -0.25) is 4.79 Å². The van der Waals surface area contributed by atoms with Gasteiger partial charge >= 0.3 is 6.18 Å². The molecule has 2 aromatic heterocycles. The molecule has 0 saturated carbocycles. The van der Waals surface area contributed by atoms with Gasteiger partial charge in [0.1, 0.15) is 5.69 Å². The zero-order valence-electron chi connectivity index (χ0n) is 18.2. The van der Waals surface area contributed by atoms with Crippen LogP contribution in [0, 0.1) is 24.7 Å². The van der Waals surface area contributed by atoms with E-state index in [0.717, 1.165) is 4.90 Å². The van der Waals surface area contributed by atoms with Crippen LogP contribution in [0.25, 0.3) is 0 Å². The number of hydrogen-bond donors (Lipinski definition) is 1. The minimum atomic E-state index is -4.58. The van der Waals surface area contributed by atoms with Gasteiger partial charge in [-0.2, -0.15) is 13.2 Å². The number of anilines is 1. The highest BCUT2D eigenvalue weighted by molar-refractivity contribution is 5.95. The molecule has 1 amide bonds. The van der Waals surface area contributed by atoms with E-state index in [-0.39, 0.29) is 18.2 Å². The van der Waals surface area contributed by atoms with Crippen LogP contribution in [0.4, 0.5) is 27.9 Å². The summed E-state index contributed by atoms with van der Waals surface area (Å²) in [5, 5.41) is 2.76. The quantitative estimate of drug-likeness (QED) is 0.540. The molecule has 1 aliphatic rings. The van der Waals surface area contributed by atoms with Crippen molar-refractivity contribution >= 4 is 11.9 Å². The van der Waals surface area contributed by atoms with Gasteiger partial charge in [-0.1, -0.05) is 12.8 Å². The summed E-state index contributed by atoms with van der Waals surface area (Å²) in [6, 6.07) is 2.58. The van der Waals surface area contributed by atoms with Crippen LogP contribution >= 0.6 is 0 Å². The number of carbonyl (C=O) groups excluding carboxylic acids is 1. The van der Waals surface area contributed by atoms with E-state index in [0.29, 0.717) is 23.7 Å². The fourth-order valence-corrected chi connectivity index (χ4v) is 3.73. The third kappa shape index (κ3) is 5.74. The SMILES string of the molecule is CC#Cc1ccc(C)nc1C(=O)N1CC(F)(F)CC(C)C1CNc1ncc(C(F)(F)F)cn1. The van der Waals surface area contributed by atoms with E-state index in [1.165, 1.54) is 0 Å². The zero-order valence-corrected chi connectivity index (χ0v) is 18.2. The zero-order chi connectivity index (χ0) is 24.4. The van der Waals surface area contributed by atoms with E-state index in [1.54, 1.807) is 32.9 Å². The van der Waals surface area contributed by atoms with Gasteiger partial charge in [0.15, 0.2) is 0 Å². The van der Waals surface area contributed by atoms with Crippen molar-refractivity contribution in [3.63, 3.8) is 0 Å². The number of halogens is 5. The van der Waals surface area contributed by atoms with Crippen molar-refractivity contribution in [3.05, 3.63) is 47.0 Å². The average Bonchev–Trinajstić information content (AvgIpc) is 2.72. The van der Waals surface area contributed by atoms with Gasteiger partial charge in [0, 0.05) is 31.1 Å². The minimum absolute atomic E-state index is 0.0231. The molecule has 1 aliphatic heterocycles. The average molecular weight is 467 g/mol. The molecule has 1 N–H and O–H groups in total. The Hall–Kier alpha value is -3.29. The monoisotopic (exact) mass is 467 g/mol. The number of pyridine rings is 1. The van der Waals surface area contributed by atoms with Crippen molar-refractivity contribution in [2.45, 2.75) is 45.3 Å². The van der Waals surface area contributed by atoms with Crippen molar-refractivity contribution in [3.8, 4) is 11.8 Å². The molecule has 0 bridgehead atoms. The number of rotatable bonds is 4. The van der Waals surface area contributed by atoms with Crippen molar-refractivity contribution in [2.75, 3.05) is 18.4 Å². The normalized spacial score (nSPS) is 20.1. The molecule has 1 fully saturated rings. The summed E-state index contributed by atoms with van der Waals surface area (Å²) in [6.45, 7) is 4.00. The van der Waals surface area contributed by atoms with Crippen LogP contribution in [0.2, 0.25) is 0 Å². The number of hydrogen-bond acceptors (Lipinski definition) is 5. The van der Waals surface area contributed by atoms with Crippen molar-refractivity contribution in [1.82, 2.24) is 19.9 Å². The first-order valence-corrected chi connectivity index (χ1v) is 10.1. The topological polar surface area (TPSA) is 71.0 Å². The second kappa shape index (κ2) is 9.29. The van der Waals surface area contributed by atoms with E-state index < -0.39 is 48.5 Å². The minimum Gasteiger partial charge on any atom is -0.352 e. The Bertz CT molecular complexity index is 1080. The maximum Gasteiger partial charge on any atom is 0.419 e. The fourth-order valence-electron chi connectivity index (χ4n) is 3.73. The first kappa shape index (κ1) is 24.4. The van der Waals surface area contributed by atoms with Crippen LogP contribution in [-0.2, 0) is 6.18 Å². The molecule has 0 aliphatic carbocycles. The second-order valence-electron chi connectivity index (χ2n) is 7.94. The van der Waals surface area contributed by atoms with Gasteiger partial charge < -0.3 is 10.2 Å². The maximum atomic E-state index is 14.4. The smallest absolute Gasteiger partial charge is 0.352 e. The lowest BCUT2D eigenvalue weighted by Crippen LogP contribution is -2.57. The molecule has 33 heavy (non-hydrogen) atoms. The molecule has 176 valence electrons. The summed E-state index contributed by atoms with van der Waals surface area (Å²) < 4.78 is 66.9. The van der Waals surface area contributed by atoms with Crippen LogP contribution in [0.5, 0.6) is 0 Å². The Labute approximate surface area is 187 Å². The van der Waals surface area contributed by atoms with E-state index in [1.807, 2.05) is 0 Å². The number of carbonyl (C=O) groups is 1. The number of nitrogens with one attached hydrogen (secondary N) is 1. The molecule has 2 atom stereocenters. The van der Waals surface area contributed by atoms with Gasteiger partial charge in [0.05, 0.1) is 23.7 Å². The first-order chi connectivity index (χ1) is 15.4.